The van der Waals surface area contributed by atoms with Crippen LogP contribution in [0.1, 0.15) is 46.8 Å². The molecule has 1 unspecified atom stereocenters. The molecule has 0 aliphatic heterocycles. The number of esters is 1. The number of aliphatic hydroxyl groups excluding tert-OH is 1. The van der Waals surface area contributed by atoms with Crippen molar-refractivity contribution in [2.75, 3.05) is 6.61 Å². The van der Waals surface area contributed by atoms with E-state index < -0.39 is 30.2 Å². The minimum absolute atomic E-state index is 0.195. The molecule has 2 N–H and O–H groups in total. The Bertz CT molecular complexity index is 1150. The van der Waals surface area contributed by atoms with Crippen LogP contribution in [0, 0.1) is 6.92 Å². The predicted molar refractivity (Wildman–Crippen MR) is 116 cm³/mol. The van der Waals surface area contributed by atoms with Crippen molar-refractivity contribution >= 4 is 22.8 Å². The van der Waals surface area contributed by atoms with Crippen LogP contribution in [0.4, 0.5) is 0 Å². The summed E-state index contributed by atoms with van der Waals surface area (Å²) in [6, 6.07) is 12.1. The van der Waals surface area contributed by atoms with Gasteiger partial charge < -0.3 is 19.6 Å². The highest BCUT2D eigenvalue weighted by atomic mass is 16.5. The molecule has 1 atom stereocenters. The fourth-order valence-corrected chi connectivity index (χ4v) is 3.39. The van der Waals surface area contributed by atoms with Gasteiger partial charge in [0.05, 0.1) is 6.61 Å². The third-order valence-corrected chi connectivity index (χ3v) is 5.02. The summed E-state index contributed by atoms with van der Waals surface area (Å²) in [6.07, 6.45) is 0. The number of carbonyl (C=O) groups excluding carboxylic acids is 2. The van der Waals surface area contributed by atoms with E-state index in [1.54, 1.807) is 36.4 Å². The van der Waals surface area contributed by atoms with E-state index >= 15 is 0 Å². The summed E-state index contributed by atoms with van der Waals surface area (Å²) in [5, 5.41) is 12.7. The first-order chi connectivity index (χ1) is 14.8. The molecular weight excluding hydrogens is 398 g/mol. The lowest BCUT2D eigenvalue weighted by Crippen LogP contribution is -2.44. The molecule has 162 valence electrons. The zero-order valence-corrected chi connectivity index (χ0v) is 17.7. The Labute approximate surface area is 179 Å². The summed E-state index contributed by atoms with van der Waals surface area (Å²) in [6.45, 7) is 5.26. The number of rotatable bonds is 7. The molecule has 0 radical (unpaired) electrons. The van der Waals surface area contributed by atoms with Crippen LogP contribution in [0.2, 0.25) is 0 Å². The van der Waals surface area contributed by atoms with E-state index in [9.17, 15) is 19.5 Å². The molecule has 1 heterocycles. The lowest BCUT2D eigenvalue weighted by atomic mass is 9.95. The Morgan fingerprint density at radius 3 is 2.48 bits per heavy atom. The standard InChI is InChI=1S/C24H25NO6/c1-14(2)18-11-19-17(10-22(27)31-21(19)9-15(18)3)13-30-24(29)20(12-26)25-23(28)16-7-5-4-6-8-16/h4-11,14,20,26H,12-13H2,1-3H3,(H,25,28). The van der Waals surface area contributed by atoms with E-state index in [0.29, 0.717) is 22.1 Å². The molecule has 3 aromatic rings. The van der Waals surface area contributed by atoms with Gasteiger partial charge in [0, 0.05) is 22.6 Å². The maximum absolute atomic E-state index is 12.5. The zero-order chi connectivity index (χ0) is 22.5. The fourth-order valence-electron chi connectivity index (χ4n) is 3.39. The van der Waals surface area contributed by atoms with E-state index in [1.165, 1.54) is 6.07 Å². The molecule has 0 saturated heterocycles. The van der Waals surface area contributed by atoms with Crippen LogP contribution in [0.3, 0.4) is 0 Å². The molecule has 0 bridgehead atoms. The lowest BCUT2D eigenvalue weighted by molar-refractivity contribution is -0.148. The number of aryl methyl sites for hydroxylation is 1. The molecular formula is C24H25NO6. The van der Waals surface area contributed by atoms with Gasteiger partial charge >= 0.3 is 11.6 Å². The number of amides is 1. The number of ether oxygens (including phenoxy) is 1. The summed E-state index contributed by atoms with van der Waals surface area (Å²) >= 11 is 0. The van der Waals surface area contributed by atoms with Crippen LogP contribution >= 0.6 is 0 Å². The zero-order valence-electron chi connectivity index (χ0n) is 17.7. The van der Waals surface area contributed by atoms with Crippen molar-refractivity contribution in [2.45, 2.75) is 39.3 Å². The molecule has 0 spiro atoms. The highest BCUT2D eigenvalue weighted by molar-refractivity contribution is 5.96. The van der Waals surface area contributed by atoms with Crippen molar-refractivity contribution in [1.82, 2.24) is 5.32 Å². The van der Waals surface area contributed by atoms with Crippen molar-refractivity contribution in [3.8, 4) is 0 Å². The van der Waals surface area contributed by atoms with E-state index in [1.807, 2.05) is 13.0 Å². The molecule has 0 saturated carbocycles. The van der Waals surface area contributed by atoms with Gasteiger partial charge in [0.2, 0.25) is 0 Å². The van der Waals surface area contributed by atoms with Crippen LogP contribution in [0.25, 0.3) is 11.0 Å². The Morgan fingerprint density at radius 1 is 1.13 bits per heavy atom. The van der Waals surface area contributed by atoms with E-state index in [-0.39, 0.29) is 12.5 Å². The quantitative estimate of drug-likeness (QED) is 0.447. The van der Waals surface area contributed by atoms with Crippen molar-refractivity contribution in [2.24, 2.45) is 0 Å². The third kappa shape index (κ3) is 5.19. The Hall–Kier alpha value is -3.45. The second-order valence-corrected chi connectivity index (χ2v) is 7.63. The van der Waals surface area contributed by atoms with Gasteiger partial charge in [-0.15, -0.1) is 0 Å². The van der Waals surface area contributed by atoms with Crippen molar-refractivity contribution in [3.05, 3.63) is 81.2 Å². The molecule has 3 rings (SSSR count). The van der Waals surface area contributed by atoms with Crippen LogP contribution in [-0.2, 0) is 16.1 Å². The van der Waals surface area contributed by atoms with Gasteiger partial charge in [-0.25, -0.2) is 9.59 Å². The van der Waals surface area contributed by atoms with E-state index in [2.05, 4.69) is 19.2 Å². The van der Waals surface area contributed by atoms with Gasteiger partial charge in [-0.05, 0) is 48.2 Å². The van der Waals surface area contributed by atoms with Crippen molar-refractivity contribution < 1.29 is 23.8 Å². The Morgan fingerprint density at radius 2 is 1.84 bits per heavy atom. The predicted octanol–water partition coefficient (Wildman–Crippen LogP) is 3.06. The summed E-state index contributed by atoms with van der Waals surface area (Å²) < 4.78 is 10.6. The third-order valence-electron chi connectivity index (χ3n) is 5.02. The van der Waals surface area contributed by atoms with Crippen molar-refractivity contribution in [1.29, 1.82) is 0 Å². The number of nitrogens with one attached hydrogen (secondary N) is 1. The van der Waals surface area contributed by atoms with Gasteiger partial charge in [0.25, 0.3) is 5.91 Å². The highest BCUT2D eigenvalue weighted by Gasteiger charge is 2.23. The normalized spacial score (nSPS) is 12.0. The molecule has 0 aliphatic rings. The second-order valence-electron chi connectivity index (χ2n) is 7.63. The van der Waals surface area contributed by atoms with Crippen LogP contribution in [-0.4, -0.2) is 29.6 Å². The first-order valence-electron chi connectivity index (χ1n) is 10.0. The largest absolute Gasteiger partial charge is 0.459 e. The lowest BCUT2D eigenvalue weighted by Gasteiger charge is -2.16. The molecule has 7 heteroatoms. The van der Waals surface area contributed by atoms with Crippen LogP contribution in [0.5, 0.6) is 0 Å². The second kappa shape index (κ2) is 9.57. The summed E-state index contributed by atoms with van der Waals surface area (Å²) in [4.78, 5) is 36.7. The number of benzene rings is 2. The van der Waals surface area contributed by atoms with Gasteiger partial charge in [0.15, 0.2) is 6.04 Å². The Kier molecular flexibility index (Phi) is 6.87. The summed E-state index contributed by atoms with van der Waals surface area (Å²) in [7, 11) is 0. The highest BCUT2D eigenvalue weighted by Crippen LogP contribution is 2.27. The average molecular weight is 423 g/mol. The Balaban J connectivity index is 1.79. The van der Waals surface area contributed by atoms with Gasteiger partial charge in [-0.2, -0.15) is 0 Å². The number of fused-ring (bicyclic) bond motifs is 1. The van der Waals surface area contributed by atoms with Crippen LogP contribution in [0.15, 0.2) is 57.7 Å². The minimum atomic E-state index is -1.23. The first kappa shape index (κ1) is 22.2. The molecule has 1 amide bonds. The fraction of sp³-hybridized carbons (Fsp3) is 0.292. The molecule has 2 aromatic carbocycles. The minimum Gasteiger partial charge on any atom is -0.459 e. The van der Waals surface area contributed by atoms with Crippen molar-refractivity contribution in [3.63, 3.8) is 0 Å². The average Bonchev–Trinajstić information content (AvgIpc) is 2.75. The molecule has 0 aliphatic carbocycles. The maximum atomic E-state index is 12.5. The van der Waals surface area contributed by atoms with E-state index in [0.717, 1.165) is 11.1 Å². The number of hydrogen-bond acceptors (Lipinski definition) is 6. The maximum Gasteiger partial charge on any atom is 0.336 e. The first-order valence-corrected chi connectivity index (χ1v) is 10.0. The van der Waals surface area contributed by atoms with Gasteiger partial charge in [-0.3, -0.25) is 4.79 Å². The number of hydrogen-bond donors (Lipinski definition) is 2. The number of carbonyl (C=O) groups is 2. The SMILES string of the molecule is Cc1cc2oc(=O)cc(COC(=O)C(CO)NC(=O)c3ccccc3)c2cc1C(C)C. The summed E-state index contributed by atoms with van der Waals surface area (Å²) in [5.41, 5.74) is 2.81. The van der Waals surface area contributed by atoms with Gasteiger partial charge in [0.1, 0.15) is 12.2 Å². The molecule has 31 heavy (non-hydrogen) atoms. The summed E-state index contributed by atoms with van der Waals surface area (Å²) in [5.74, 6) is -1.04. The molecule has 1 aromatic heterocycles. The topological polar surface area (TPSA) is 106 Å². The number of aliphatic hydroxyl groups is 1. The molecule has 7 nitrogen and oxygen atoms in total. The van der Waals surface area contributed by atoms with E-state index in [4.69, 9.17) is 9.15 Å². The van der Waals surface area contributed by atoms with Crippen LogP contribution < -0.4 is 10.9 Å². The smallest absolute Gasteiger partial charge is 0.336 e. The van der Waals surface area contributed by atoms with Gasteiger partial charge in [-0.1, -0.05) is 32.0 Å². The molecule has 0 fully saturated rings. The monoisotopic (exact) mass is 423 g/mol.